The molecule has 1 aliphatic rings. The Kier molecular flexibility index (Phi) is 4.71. The van der Waals surface area contributed by atoms with Crippen LogP contribution in [0.2, 0.25) is 0 Å². The number of methoxy groups -OCH3 is 1. The summed E-state index contributed by atoms with van der Waals surface area (Å²) in [5.41, 5.74) is 1.78. The second kappa shape index (κ2) is 6.15. The lowest BCUT2D eigenvalue weighted by Crippen LogP contribution is -2.41. The van der Waals surface area contributed by atoms with Crippen molar-refractivity contribution >= 4 is 0 Å². The Morgan fingerprint density at radius 1 is 1.25 bits per heavy atom. The van der Waals surface area contributed by atoms with Crippen LogP contribution in [0.1, 0.15) is 38.8 Å². The third-order valence-corrected chi connectivity index (χ3v) is 4.55. The molecule has 0 amide bonds. The van der Waals surface area contributed by atoms with Gasteiger partial charge in [-0.3, -0.25) is 4.90 Å². The number of nitrogens with one attached hydrogen (secondary N) is 1. The number of nitrogens with zero attached hydrogens (tertiary/aromatic N) is 1. The van der Waals surface area contributed by atoms with Crippen LogP contribution in [0.25, 0.3) is 0 Å². The maximum Gasteiger partial charge on any atom is 0.118 e. The second-order valence-electron chi connectivity index (χ2n) is 6.66. The van der Waals surface area contributed by atoms with Crippen LogP contribution in [0.15, 0.2) is 24.3 Å². The Hall–Kier alpha value is -1.06. The van der Waals surface area contributed by atoms with E-state index in [-0.39, 0.29) is 0 Å². The highest BCUT2D eigenvalue weighted by Crippen LogP contribution is 2.33. The van der Waals surface area contributed by atoms with E-state index in [0.717, 1.165) is 5.75 Å². The molecular weight excluding hydrogens is 248 g/mol. The van der Waals surface area contributed by atoms with Crippen molar-refractivity contribution in [3.05, 3.63) is 29.8 Å². The first-order valence-electron chi connectivity index (χ1n) is 7.52. The Bertz CT molecular complexity index is 427. The molecule has 112 valence electrons. The summed E-state index contributed by atoms with van der Waals surface area (Å²) in [5.74, 6) is 0.915. The first-order valence-corrected chi connectivity index (χ1v) is 7.52. The number of hydrogen-bond donors (Lipinski definition) is 1. The van der Waals surface area contributed by atoms with Gasteiger partial charge in [-0.2, -0.15) is 0 Å². The van der Waals surface area contributed by atoms with Crippen LogP contribution >= 0.6 is 0 Å². The fraction of sp³-hybridized carbons (Fsp3) is 0.647. The van der Waals surface area contributed by atoms with Crippen molar-refractivity contribution in [1.82, 2.24) is 10.2 Å². The standard InChI is InChI=1S/C17H28N2O/c1-13(19-11-10-17(2,3)12-19)16(18-4)14-6-8-15(20-5)9-7-14/h6-9,13,16,18H,10-12H2,1-5H3. The largest absolute Gasteiger partial charge is 0.497 e. The van der Waals surface area contributed by atoms with Gasteiger partial charge in [0.15, 0.2) is 0 Å². The van der Waals surface area contributed by atoms with E-state index >= 15 is 0 Å². The molecule has 0 aliphatic carbocycles. The summed E-state index contributed by atoms with van der Waals surface area (Å²) in [5, 5.41) is 3.48. The molecule has 0 radical (unpaired) electrons. The van der Waals surface area contributed by atoms with E-state index in [1.54, 1.807) is 7.11 Å². The van der Waals surface area contributed by atoms with Crippen LogP contribution < -0.4 is 10.1 Å². The topological polar surface area (TPSA) is 24.5 Å². The highest BCUT2D eigenvalue weighted by atomic mass is 16.5. The van der Waals surface area contributed by atoms with Gasteiger partial charge in [-0.1, -0.05) is 26.0 Å². The molecule has 0 bridgehead atoms. The fourth-order valence-electron chi connectivity index (χ4n) is 3.21. The third kappa shape index (κ3) is 3.33. The molecule has 0 spiro atoms. The summed E-state index contributed by atoms with van der Waals surface area (Å²) in [4.78, 5) is 2.60. The van der Waals surface area contributed by atoms with Gasteiger partial charge in [0.2, 0.25) is 0 Å². The average molecular weight is 276 g/mol. The minimum absolute atomic E-state index is 0.356. The van der Waals surface area contributed by atoms with Gasteiger partial charge in [0.05, 0.1) is 7.11 Å². The Balaban J connectivity index is 2.10. The van der Waals surface area contributed by atoms with Crippen LogP contribution in [0.3, 0.4) is 0 Å². The van der Waals surface area contributed by atoms with E-state index in [0.29, 0.717) is 17.5 Å². The summed E-state index contributed by atoms with van der Waals surface area (Å²) in [6.45, 7) is 9.43. The molecule has 0 aromatic heterocycles. The Morgan fingerprint density at radius 2 is 1.90 bits per heavy atom. The molecule has 1 N–H and O–H groups in total. The monoisotopic (exact) mass is 276 g/mol. The maximum absolute atomic E-state index is 5.24. The second-order valence-corrected chi connectivity index (χ2v) is 6.66. The molecule has 0 saturated carbocycles. The van der Waals surface area contributed by atoms with E-state index in [4.69, 9.17) is 4.74 Å². The van der Waals surface area contributed by atoms with Crippen molar-refractivity contribution in [2.45, 2.75) is 39.3 Å². The van der Waals surface area contributed by atoms with Gasteiger partial charge in [-0.25, -0.2) is 0 Å². The van der Waals surface area contributed by atoms with Crippen molar-refractivity contribution in [3.63, 3.8) is 0 Å². The predicted octanol–water partition coefficient (Wildman–Crippen LogP) is 3.08. The fourth-order valence-corrected chi connectivity index (χ4v) is 3.21. The molecule has 3 nitrogen and oxygen atoms in total. The number of rotatable bonds is 5. The van der Waals surface area contributed by atoms with Crippen LogP contribution in [-0.4, -0.2) is 38.2 Å². The van der Waals surface area contributed by atoms with Gasteiger partial charge in [-0.15, -0.1) is 0 Å². The van der Waals surface area contributed by atoms with E-state index in [1.165, 1.54) is 25.1 Å². The highest BCUT2D eigenvalue weighted by Gasteiger charge is 2.34. The van der Waals surface area contributed by atoms with E-state index in [9.17, 15) is 0 Å². The van der Waals surface area contributed by atoms with Gasteiger partial charge in [0.25, 0.3) is 0 Å². The molecular formula is C17H28N2O. The van der Waals surface area contributed by atoms with E-state index in [2.05, 4.69) is 43.1 Å². The minimum Gasteiger partial charge on any atom is -0.497 e. The quantitative estimate of drug-likeness (QED) is 0.894. The van der Waals surface area contributed by atoms with Crippen LogP contribution in [0.5, 0.6) is 5.75 Å². The van der Waals surface area contributed by atoms with Gasteiger partial charge in [0.1, 0.15) is 5.75 Å². The van der Waals surface area contributed by atoms with Crippen molar-refractivity contribution in [2.75, 3.05) is 27.2 Å². The highest BCUT2D eigenvalue weighted by molar-refractivity contribution is 5.29. The Morgan fingerprint density at radius 3 is 2.35 bits per heavy atom. The number of ether oxygens (including phenoxy) is 1. The molecule has 2 atom stereocenters. The zero-order valence-electron chi connectivity index (χ0n) is 13.4. The number of likely N-dealkylation sites (N-methyl/N-ethyl adjacent to an activating group) is 1. The lowest BCUT2D eigenvalue weighted by molar-refractivity contribution is 0.192. The number of hydrogen-bond acceptors (Lipinski definition) is 3. The molecule has 2 rings (SSSR count). The van der Waals surface area contributed by atoms with Crippen LogP contribution in [-0.2, 0) is 0 Å². The van der Waals surface area contributed by atoms with Crippen LogP contribution in [0.4, 0.5) is 0 Å². The predicted molar refractivity (Wildman–Crippen MR) is 84.2 cm³/mol. The smallest absolute Gasteiger partial charge is 0.118 e. The first-order chi connectivity index (χ1) is 9.46. The van der Waals surface area contributed by atoms with Crippen molar-refractivity contribution in [3.8, 4) is 5.75 Å². The summed E-state index contributed by atoms with van der Waals surface area (Å²) < 4.78 is 5.24. The molecule has 1 fully saturated rings. The molecule has 1 aromatic carbocycles. The zero-order chi connectivity index (χ0) is 14.8. The van der Waals surface area contributed by atoms with Gasteiger partial charge >= 0.3 is 0 Å². The summed E-state index contributed by atoms with van der Waals surface area (Å²) >= 11 is 0. The maximum atomic E-state index is 5.24. The Labute approximate surface area is 123 Å². The van der Waals surface area contributed by atoms with Gasteiger partial charge in [0, 0.05) is 18.6 Å². The normalized spacial score (nSPS) is 21.6. The number of benzene rings is 1. The molecule has 1 heterocycles. The van der Waals surface area contributed by atoms with E-state index in [1.807, 2.05) is 19.2 Å². The molecule has 3 heteroatoms. The third-order valence-electron chi connectivity index (χ3n) is 4.55. The first kappa shape index (κ1) is 15.3. The SMILES string of the molecule is CNC(c1ccc(OC)cc1)C(C)N1CCC(C)(C)C1. The lowest BCUT2D eigenvalue weighted by Gasteiger charge is -2.33. The summed E-state index contributed by atoms with van der Waals surface area (Å²) in [6, 6.07) is 9.26. The number of likely N-dealkylation sites (tertiary alicyclic amines) is 1. The molecule has 20 heavy (non-hydrogen) atoms. The van der Waals surface area contributed by atoms with E-state index < -0.39 is 0 Å². The van der Waals surface area contributed by atoms with Crippen molar-refractivity contribution < 1.29 is 4.74 Å². The van der Waals surface area contributed by atoms with Gasteiger partial charge in [-0.05, 0) is 50.0 Å². The lowest BCUT2D eigenvalue weighted by atomic mass is 9.93. The summed E-state index contributed by atoms with van der Waals surface area (Å²) in [7, 11) is 3.76. The molecule has 1 saturated heterocycles. The molecule has 1 aromatic rings. The minimum atomic E-state index is 0.356. The van der Waals surface area contributed by atoms with Crippen molar-refractivity contribution in [2.24, 2.45) is 5.41 Å². The molecule has 2 unspecified atom stereocenters. The van der Waals surface area contributed by atoms with Gasteiger partial charge < -0.3 is 10.1 Å². The molecule has 1 aliphatic heterocycles. The average Bonchev–Trinajstić information content (AvgIpc) is 2.80. The van der Waals surface area contributed by atoms with Crippen molar-refractivity contribution in [1.29, 1.82) is 0 Å². The summed E-state index contributed by atoms with van der Waals surface area (Å²) in [6.07, 6.45) is 1.29. The zero-order valence-corrected chi connectivity index (χ0v) is 13.4. The van der Waals surface area contributed by atoms with Crippen LogP contribution in [0, 0.1) is 5.41 Å².